The normalized spacial score (nSPS) is 9.33. The highest BCUT2D eigenvalue weighted by Crippen LogP contribution is 2.07. The van der Waals surface area contributed by atoms with Gasteiger partial charge in [-0.25, -0.2) is 0 Å². The number of hydrogen-bond donors (Lipinski definition) is 0. The van der Waals surface area contributed by atoms with E-state index in [-0.39, 0.29) is 13.0 Å². The van der Waals surface area contributed by atoms with Gasteiger partial charge in [0.15, 0.2) is 0 Å². The molecule has 0 saturated carbocycles. The molecule has 0 heterocycles. The predicted octanol–water partition coefficient (Wildman–Crippen LogP) is 1.74. The van der Waals surface area contributed by atoms with Gasteiger partial charge in [0.2, 0.25) is 0 Å². The Kier molecular flexibility index (Phi) is 15.4. The molecule has 0 aromatic heterocycles. The SMILES string of the molecule is CCCC.N#CCCO[P+](=O)[O-]. The minimum absolute atomic E-state index is 0.0325. The molecule has 70 valence electrons. The maximum absolute atomic E-state index is 9.58. The predicted molar refractivity (Wildman–Crippen MR) is 44.4 cm³/mol. The summed E-state index contributed by atoms with van der Waals surface area (Å²) in [6.45, 7) is 4.33. The summed E-state index contributed by atoms with van der Waals surface area (Å²) in [4.78, 5) is 9.58. The first-order valence-corrected chi connectivity index (χ1v) is 4.92. The van der Waals surface area contributed by atoms with Gasteiger partial charge in [-0.15, -0.1) is 4.52 Å². The molecule has 0 aliphatic rings. The van der Waals surface area contributed by atoms with Crippen molar-refractivity contribution in [1.29, 1.82) is 5.26 Å². The van der Waals surface area contributed by atoms with Gasteiger partial charge >= 0.3 is 8.25 Å². The fourth-order valence-electron chi connectivity index (χ4n) is 0.166. The molecule has 0 aromatic rings. The van der Waals surface area contributed by atoms with E-state index in [9.17, 15) is 9.46 Å². The highest BCUT2D eigenvalue weighted by Gasteiger charge is 1.97. The van der Waals surface area contributed by atoms with Crippen LogP contribution in [0.5, 0.6) is 0 Å². The number of unbranched alkanes of at least 4 members (excludes halogenated alkanes) is 1. The topological polar surface area (TPSA) is 73.1 Å². The van der Waals surface area contributed by atoms with Gasteiger partial charge in [-0.2, -0.15) is 5.26 Å². The lowest BCUT2D eigenvalue weighted by molar-refractivity contribution is -0.185. The highest BCUT2D eigenvalue weighted by molar-refractivity contribution is 7.30. The van der Waals surface area contributed by atoms with Crippen molar-refractivity contribution in [3.8, 4) is 6.07 Å². The molecule has 1 unspecified atom stereocenters. The summed E-state index contributed by atoms with van der Waals surface area (Å²) in [6.07, 6.45) is 2.75. The van der Waals surface area contributed by atoms with E-state index < -0.39 is 8.25 Å². The molecule has 0 spiro atoms. The van der Waals surface area contributed by atoms with Crippen LogP contribution in [0, 0.1) is 11.3 Å². The van der Waals surface area contributed by atoms with E-state index in [0.29, 0.717) is 0 Å². The van der Waals surface area contributed by atoms with Crippen LogP contribution in [0.15, 0.2) is 0 Å². The molecule has 0 saturated heterocycles. The van der Waals surface area contributed by atoms with Crippen LogP contribution in [-0.2, 0) is 9.09 Å². The van der Waals surface area contributed by atoms with E-state index >= 15 is 0 Å². The van der Waals surface area contributed by atoms with E-state index in [4.69, 9.17) is 5.26 Å². The Bertz CT molecular complexity index is 142. The molecule has 0 aliphatic heterocycles. The molecule has 12 heavy (non-hydrogen) atoms. The van der Waals surface area contributed by atoms with Crippen molar-refractivity contribution in [1.82, 2.24) is 0 Å². The highest BCUT2D eigenvalue weighted by atomic mass is 31.1. The second-order valence-corrected chi connectivity index (χ2v) is 2.67. The smallest absolute Gasteiger partial charge is 0.488 e. The van der Waals surface area contributed by atoms with Crippen LogP contribution < -0.4 is 4.89 Å². The summed E-state index contributed by atoms with van der Waals surface area (Å²) >= 11 is 0. The van der Waals surface area contributed by atoms with Crippen LogP contribution >= 0.6 is 8.25 Å². The Morgan fingerprint density at radius 1 is 1.50 bits per heavy atom. The number of nitriles is 1. The molecular weight excluding hydrogens is 177 g/mol. The molecular formula is C7H14NO3P. The van der Waals surface area contributed by atoms with Crippen molar-refractivity contribution >= 4 is 8.25 Å². The van der Waals surface area contributed by atoms with Gasteiger partial charge in [-0.1, -0.05) is 26.7 Å². The summed E-state index contributed by atoms with van der Waals surface area (Å²) in [5.41, 5.74) is 0. The van der Waals surface area contributed by atoms with Crippen LogP contribution in [0.4, 0.5) is 0 Å². The fourth-order valence-corrected chi connectivity index (χ4v) is 0.406. The van der Waals surface area contributed by atoms with Gasteiger partial charge in [0, 0.05) is 0 Å². The van der Waals surface area contributed by atoms with Crippen molar-refractivity contribution < 1.29 is 14.0 Å². The first-order valence-electron chi connectivity index (χ1n) is 3.83. The van der Waals surface area contributed by atoms with E-state index in [1.165, 1.54) is 12.8 Å². The Morgan fingerprint density at radius 3 is 2.25 bits per heavy atom. The average Bonchev–Trinajstić information content (AvgIpc) is 2.05. The zero-order valence-electron chi connectivity index (χ0n) is 7.45. The Morgan fingerprint density at radius 2 is 2.00 bits per heavy atom. The maximum atomic E-state index is 9.58. The lowest BCUT2D eigenvalue weighted by Crippen LogP contribution is -1.92. The molecule has 0 fully saturated rings. The fraction of sp³-hybridized carbons (Fsp3) is 0.857. The van der Waals surface area contributed by atoms with Crippen molar-refractivity contribution in [2.75, 3.05) is 6.61 Å². The van der Waals surface area contributed by atoms with E-state index in [2.05, 4.69) is 18.4 Å². The van der Waals surface area contributed by atoms with E-state index in [0.717, 1.165) is 0 Å². The largest absolute Gasteiger partial charge is 0.566 e. The van der Waals surface area contributed by atoms with Crippen LogP contribution in [0.25, 0.3) is 0 Å². The van der Waals surface area contributed by atoms with Gasteiger partial charge in [-0.3, -0.25) is 0 Å². The molecule has 4 nitrogen and oxygen atoms in total. The van der Waals surface area contributed by atoms with E-state index in [1.807, 2.05) is 0 Å². The van der Waals surface area contributed by atoms with Crippen molar-refractivity contribution in [3.05, 3.63) is 0 Å². The van der Waals surface area contributed by atoms with Crippen molar-refractivity contribution in [2.45, 2.75) is 33.1 Å². The number of rotatable bonds is 4. The summed E-state index contributed by atoms with van der Waals surface area (Å²) in [5, 5.41) is 7.85. The molecule has 0 aliphatic carbocycles. The van der Waals surface area contributed by atoms with Crippen LogP contribution in [-0.4, -0.2) is 6.61 Å². The Hall–Kier alpha value is -0.490. The van der Waals surface area contributed by atoms with E-state index in [1.54, 1.807) is 6.07 Å². The second kappa shape index (κ2) is 13.1. The van der Waals surface area contributed by atoms with Gasteiger partial charge in [0.25, 0.3) is 0 Å². The quantitative estimate of drug-likeness (QED) is 0.501. The summed E-state index contributed by atoms with van der Waals surface area (Å²) in [6, 6.07) is 1.73. The zero-order chi connectivity index (χ0) is 9.82. The molecule has 5 heteroatoms. The second-order valence-electron chi connectivity index (χ2n) is 1.96. The summed E-state index contributed by atoms with van der Waals surface area (Å²) < 4.78 is 13.6. The minimum atomic E-state index is -2.76. The Balaban J connectivity index is 0. The van der Waals surface area contributed by atoms with Crippen LogP contribution in [0.1, 0.15) is 33.1 Å². The minimum Gasteiger partial charge on any atom is -0.566 e. The van der Waals surface area contributed by atoms with Crippen molar-refractivity contribution in [2.24, 2.45) is 0 Å². The molecule has 0 radical (unpaired) electrons. The van der Waals surface area contributed by atoms with Gasteiger partial charge < -0.3 is 4.89 Å². The first-order chi connectivity index (χ1) is 5.68. The number of hydrogen-bond acceptors (Lipinski definition) is 4. The summed E-state index contributed by atoms with van der Waals surface area (Å²) in [5.74, 6) is 0. The van der Waals surface area contributed by atoms with Gasteiger partial charge in [0.1, 0.15) is 6.61 Å². The molecule has 0 N–H and O–H groups in total. The molecule has 0 rings (SSSR count). The standard InChI is InChI=1S/C4H10.C3H4NO3P/c1-3-4-2;4-2-1-3-7-8(5)6/h3-4H2,1-2H3;1,3H2. The Labute approximate surface area is 74.1 Å². The molecule has 0 amide bonds. The third-order valence-corrected chi connectivity index (χ3v) is 1.30. The lowest BCUT2D eigenvalue weighted by Gasteiger charge is -1.82. The van der Waals surface area contributed by atoms with Gasteiger partial charge in [0.05, 0.1) is 12.5 Å². The molecule has 1 atom stereocenters. The van der Waals surface area contributed by atoms with Gasteiger partial charge in [-0.05, 0) is 4.57 Å². The third-order valence-electron chi connectivity index (χ3n) is 0.911. The van der Waals surface area contributed by atoms with Crippen molar-refractivity contribution in [3.63, 3.8) is 0 Å². The lowest BCUT2D eigenvalue weighted by atomic mass is 10.4. The first kappa shape index (κ1) is 14.1. The monoisotopic (exact) mass is 191 g/mol. The molecule has 0 bridgehead atoms. The zero-order valence-corrected chi connectivity index (χ0v) is 8.34. The van der Waals surface area contributed by atoms with Crippen LogP contribution in [0.3, 0.4) is 0 Å². The number of nitrogens with zero attached hydrogens (tertiary/aromatic N) is 1. The van der Waals surface area contributed by atoms with Crippen LogP contribution in [0.2, 0.25) is 0 Å². The maximum Gasteiger partial charge on any atom is 0.488 e. The third kappa shape index (κ3) is 22.7. The molecule has 0 aromatic carbocycles. The summed E-state index contributed by atoms with van der Waals surface area (Å²) in [7, 11) is -2.76. The average molecular weight is 191 g/mol.